The molecule has 2 unspecified atom stereocenters. The minimum Gasteiger partial charge on any atom is -0.368 e. The van der Waals surface area contributed by atoms with Crippen LogP contribution in [0.15, 0.2) is 30.7 Å². The fraction of sp³-hybridized carbons (Fsp3) is 0.375. The summed E-state index contributed by atoms with van der Waals surface area (Å²) in [6.07, 6.45) is 5.05. The van der Waals surface area contributed by atoms with Gasteiger partial charge in [-0.3, -0.25) is 9.48 Å². The maximum atomic E-state index is 15.5. The SMILES string of the molecule is CCn1cc2c(N3CC(C)NC(C)C3)cc(F)c(C(=O)Nc3cc(F)c4nc(C)cn4c3)c2n1. The van der Waals surface area contributed by atoms with Crippen LogP contribution in [-0.2, 0) is 6.54 Å². The first-order chi connectivity index (χ1) is 16.2. The van der Waals surface area contributed by atoms with Crippen LogP contribution < -0.4 is 15.5 Å². The van der Waals surface area contributed by atoms with Crippen LogP contribution >= 0.6 is 0 Å². The number of carbonyl (C=O) groups is 1. The van der Waals surface area contributed by atoms with Crippen LogP contribution in [0.25, 0.3) is 16.6 Å². The van der Waals surface area contributed by atoms with Crippen molar-refractivity contribution in [2.75, 3.05) is 23.3 Å². The Morgan fingerprint density at radius 3 is 2.59 bits per heavy atom. The van der Waals surface area contributed by atoms with E-state index in [2.05, 4.69) is 39.5 Å². The monoisotopic (exact) mass is 467 g/mol. The van der Waals surface area contributed by atoms with Gasteiger partial charge >= 0.3 is 0 Å². The first-order valence-electron chi connectivity index (χ1n) is 11.4. The number of halogens is 2. The molecule has 0 aliphatic carbocycles. The average molecular weight is 468 g/mol. The summed E-state index contributed by atoms with van der Waals surface area (Å²) in [5, 5.41) is 11.3. The molecule has 1 aliphatic heterocycles. The molecule has 2 atom stereocenters. The average Bonchev–Trinajstić information content (AvgIpc) is 3.35. The molecule has 1 saturated heterocycles. The summed E-state index contributed by atoms with van der Waals surface area (Å²) in [6, 6.07) is 3.06. The van der Waals surface area contributed by atoms with Gasteiger partial charge in [-0.25, -0.2) is 13.8 Å². The lowest BCUT2D eigenvalue weighted by atomic mass is 10.0. The van der Waals surface area contributed by atoms with Crippen molar-refractivity contribution in [2.45, 2.75) is 46.3 Å². The largest absolute Gasteiger partial charge is 0.368 e. The van der Waals surface area contributed by atoms with Crippen molar-refractivity contribution < 1.29 is 13.6 Å². The molecule has 4 aromatic rings. The third kappa shape index (κ3) is 3.87. The van der Waals surface area contributed by atoms with E-state index in [0.717, 1.165) is 0 Å². The van der Waals surface area contributed by atoms with Gasteiger partial charge in [0, 0.05) is 61.8 Å². The van der Waals surface area contributed by atoms with E-state index in [0.29, 0.717) is 36.4 Å². The summed E-state index contributed by atoms with van der Waals surface area (Å²) < 4.78 is 33.2. The molecule has 1 fully saturated rings. The predicted octanol–water partition coefficient (Wildman–Crippen LogP) is 3.73. The lowest BCUT2D eigenvalue weighted by Gasteiger charge is -2.38. The minimum absolute atomic E-state index is 0.162. The quantitative estimate of drug-likeness (QED) is 0.478. The fourth-order valence-electron chi connectivity index (χ4n) is 4.78. The van der Waals surface area contributed by atoms with E-state index < -0.39 is 17.5 Å². The highest BCUT2D eigenvalue weighted by Gasteiger charge is 2.27. The molecule has 10 heteroatoms. The number of hydrogen-bond donors (Lipinski definition) is 2. The van der Waals surface area contributed by atoms with Crippen LogP contribution in [0.4, 0.5) is 20.2 Å². The third-order valence-corrected chi connectivity index (χ3v) is 6.11. The maximum Gasteiger partial charge on any atom is 0.260 e. The number of pyridine rings is 1. The van der Waals surface area contributed by atoms with Gasteiger partial charge in [-0.2, -0.15) is 5.10 Å². The van der Waals surface area contributed by atoms with Crippen molar-refractivity contribution >= 4 is 33.8 Å². The summed E-state index contributed by atoms with van der Waals surface area (Å²) >= 11 is 0. The van der Waals surface area contributed by atoms with Crippen LogP contribution in [-0.4, -0.2) is 50.2 Å². The number of piperazine rings is 1. The zero-order valence-corrected chi connectivity index (χ0v) is 19.6. The smallest absolute Gasteiger partial charge is 0.260 e. The number of aromatic nitrogens is 4. The van der Waals surface area contributed by atoms with Gasteiger partial charge in [-0.05, 0) is 33.8 Å². The Balaban J connectivity index is 1.56. The lowest BCUT2D eigenvalue weighted by Crippen LogP contribution is -2.54. The van der Waals surface area contributed by atoms with Gasteiger partial charge in [0.2, 0.25) is 0 Å². The molecule has 0 radical (unpaired) electrons. The number of nitrogens with zero attached hydrogens (tertiary/aromatic N) is 5. The Kier molecular flexibility index (Phi) is 5.47. The molecular formula is C24H27F2N7O. The fourth-order valence-corrected chi connectivity index (χ4v) is 4.78. The number of carbonyl (C=O) groups excluding carboxylic acids is 1. The molecule has 1 aliphatic rings. The first-order valence-corrected chi connectivity index (χ1v) is 11.4. The third-order valence-electron chi connectivity index (χ3n) is 6.11. The van der Waals surface area contributed by atoms with Gasteiger partial charge in [0.05, 0.1) is 17.1 Å². The van der Waals surface area contributed by atoms with E-state index in [1.807, 2.05) is 13.1 Å². The number of fused-ring (bicyclic) bond motifs is 2. The Hall–Kier alpha value is -3.53. The van der Waals surface area contributed by atoms with Gasteiger partial charge in [0.1, 0.15) is 16.9 Å². The normalized spacial score (nSPS) is 18.7. The first kappa shape index (κ1) is 22.3. The molecule has 0 saturated carbocycles. The second-order valence-corrected chi connectivity index (χ2v) is 9.02. The summed E-state index contributed by atoms with van der Waals surface area (Å²) in [5.74, 6) is -1.93. The second-order valence-electron chi connectivity index (χ2n) is 9.02. The van der Waals surface area contributed by atoms with E-state index in [4.69, 9.17) is 0 Å². The van der Waals surface area contributed by atoms with Crippen LogP contribution in [0, 0.1) is 18.6 Å². The molecular weight excluding hydrogens is 440 g/mol. The van der Waals surface area contributed by atoms with Crippen molar-refractivity contribution in [3.8, 4) is 0 Å². The van der Waals surface area contributed by atoms with E-state index in [1.54, 1.807) is 24.0 Å². The van der Waals surface area contributed by atoms with Gasteiger partial charge in [-0.1, -0.05) is 0 Å². The van der Waals surface area contributed by atoms with Crippen LogP contribution in [0.3, 0.4) is 0 Å². The van der Waals surface area contributed by atoms with Gasteiger partial charge in [0.15, 0.2) is 11.5 Å². The zero-order chi connectivity index (χ0) is 24.1. The molecule has 3 aromatic heterocycles. The molecule has 0 bridgehead atoms. The van der Waals surface area contributed by atoms with Crippen LogP contribution in [0.1, 0.15) is 36.8 Å². The number of nitrogens with one attached hydrogen (secondary N) is 2. The molecule has 1 aromatic carbocycles. The number of anilines is 2. The van der Waals surface area contributed by atoms with Crippen LogP contribution in [0.2, 0.25) is 0 Å². The minimum atomic E-state index is -0.687. The lowest BCUT2D eigenvalue weighted by molar-refractivity contribution is 0.102. The number of hydrogen-bond acceptors (Lipinski definition) is 5. The molecule has 34 heavy (non-hydrogen) atoms. The van der Waals surface area contributed by atoms with Gasteiger partial charge in [-0.15, -0.1) is 0 Å². The Bertz CT molecular complexity index is 1400. The number of benzene rings is 1. The summed E-state index contributed by atoms with van der Waals surface area (Å²) in [7, 11) is 0. The molecule has 4 heterocycles. The highest BCUT2D eigenvalue weighted by atomic mass is 19.1. The molecule has 0 spiro atoms. The molecule has 2 N–H and O–H groups in total. The summed E-state index contributed by atoms with van der Waals surface area (Å²) in [4.78, 5) is 19.5. The van der Waals surface area contributed by atoms with Crippen molar-refractivity contribution in [2.24, 2.45) is 0 Å². The van der Waals surface area contributed by atoms with Gasteiger partial charge in [0.25, 0.3) is 5.91 Å². The molecule has 1 amide bonds. The number of imidazole rings is 1. The van der Waals surface area contributed by atoms with Crippen molar-refractivity contribution in [3.05, 3.63) is 53.6 Å². The Morgan fingerprint density at radius 1 is 1.15 bits per heavy atom. The van der Waals surface area contributed by atoms with E-state index in [1.165, 1.54) is 16.5 Å². The van der Waals surface area contributed by atoms with Gasteiger partial charge < -0.3 is 19.9 Å². The van der Waals surface area contributed by atoms with E-state index in [9.17, 15) is 9.18 Å². The van der Waals surface area contributed by atoms with Crippen molar-refractivity contribution in [3.63, 3.8) is 0 Å². The standard InChI is InChI=1S/C24H27F2N7O/c1-5-33-12-17-20(31-8-13(2)27-14(3)9-31)7-18(25)21(22(17)30-33)24(34)29-16-6-19(26)23-28-15(4)10-32(23)11-16/h6-7,10-14,27H,5,8-9H2,1-4H3,(H,29,34). The number of aryl methyl sites for hydroxylation is 2. The summed E-state index contributed by atoms with van der Waals surface area (Å²) in [6.45, 7) is 9.87. The second kappa shape index (κ2) is 8.35. The molecule has 178 valence electrons. The zero-order valence-electron chi connectivity index (χ0n) is 19.6. The highest BCUT2D eigenvalue weighted by Crippen LogP contribution is 2.33. The topological polar surface area (TPSA) is 79.5 Å². The molecule has 8 nitrogen and oxygen atoms in total. The number of amides is 1. The van der Waals surface area contributed by atoms with E-state index >= 15 is 4.39 Å². The Morgan fingerprint density at radius 2 is 1.88 bits per heavy atom. The van der Waals surface area contributed by atoms with E-state index in [-0.39, 0.29) is 34.5 Å². The molecule has 5 rings (SSSR count). The van der Waals surface area contributed by atoms with Crippen LogP contribution in [0.5, 0.6) is 0 Å². The predicted molar refractivity (Wildman–Crippen MR) is 127 cm³/mol. The van der Waals surface area contributed by atoms with Crippen molar-refractivity contribution in [1.82, 2.24) is 24.5 Å². The maximum absolute atomic E-state index is 15.5. The summed E-state index contributed by atoms with van der Waals surface area (Å²) in [5.41, 5.74) is 1.84. The highest BCUT2D eigenvalue weighted by molar-refractivity contribution is 6.14. The number of rotatable bonds is 4. The van der Waals surface area contributed by atoms with Crippen molar-refractivity contribution in [1.29, 1.82) is 0 Å². The Labute approximate surface area is 195 Å².